The summed E-state index contributed by atoms with van der Waals surface area (Å²) in [4.78, 5) is 0. The quantitative estimate of drug-likeness (QED) is 0.367. The van der Waals surface area contributed by atoms with Crippen LogP contribution in [0.3, 0.4) is 0 Å². The highest BCUT2D eigenvalue weighted by Crippen LogP contribution is 2.33. The van der Waals surface area contributed by atoms with Gasteiger partial charge in [0, 0.05) is 12.8 Å². The van der Waals surface area contributed by atoms with Crippen molar-refractivity contribution < 1.29 is 4.48 Å². The van der Waals surface area contributed by atoms with Crippen molar-refractivity contribution in [1.29, 1.82) is 0 Å². The number of nitrogens with zero attached hydrogens (tertiary/aromatic N) is 1. The fourth-order valence-electron chi connectivity index (χ4n) is 2.60. The largest absolute Gasteiger partial charge is 0.320 e. The fraction of sp³-hybridized carbons (Fsp3) is 0.800. The van der Waals surface area contributed by atoms with E-state index < -0.39 is 0 Å². The number of quaternary nitrogens is 1. The maximum atomic E-state index is 2.43. The molecule has 2 aliphatic rings. The molecule has 11 heavy (non-hydrogen) atoms. The number of hydrogen-bond donors (Lipinski definition) is 0. The van der Waals surface area contributed by atoms with Crippen LogP contribution in [0.25, 0.3) is 0 Å². The topological polar surface area (TPSA) is 0 Å². The summed E-state index contributed by atoms with van der Waals surface area (Å²) in [6.07, 6.45) is 10.4. The van der Waals surface area contributed by atoms with Gasteiger partial charge >= 0.3 is 0 Å². The van der Waals surface area contributed by atoms with Gasteiger partial charge in [0.15, 0.2) is 0 Å². The van der Waals surface area contributed by atoms with Crippen LogP contribution in [0.2, 0.25) is 0 Å². The Morgan fingerprint density at radius 1 is 1.27 bits per heavy atom. The van der Waals surface area contributed by atoms with Gasteiger partial charge in [-0.3, -0.25) is 0 Å². The van der Waals surface area contributed by atoms with Gasteiger partial charge in [0.25, 0.3) is 0 Å². The summed E-state index contributed by atoms with van der Waals surface area (Å²) in [7, 11) is 4.77. The molecule has 2 rings (SSSR count). The van der Waals surface area contributed by atoms with Crippen molar-refractivity contribution in [3.05, 3.63) is 12.2 Å². The second-order valence-electron chi connectivity index (χ2n) is 4.45. The van der Waals surface area contributed by atoms with E-state index in [1.54, 1.807) is 0 Å². The van der Waals surface area contributed by atoms with E-state index in [0.29, 0.717) is 0 Å². The summed E-state index contributed by atoms with van der Waals surface area (Å²) < 4.78 is 1.25. The average molecular weight is 152 g/mol. The van der Waals surface area contributed by atoms with E-state index in [1.165, 1.54) is 30.2 Å². The van der Waals surface area contributed by atoms with Crippen molar-refractivity contribution in [3.63, 3.8) is 0 Å². The Labute approximate surface area is 69.3 Å². The van der Waals surface area contributed by atoms with E-state index in [9.17, 15) is 0 Å². The minimum Gasteiger partial charge on any atom is -0.320 e. The van der Waals surface area contributed by atoms with Crippen molar-refractivity contribution in [2.75, 3.05) is 14.1 Å². The maximum absolute atomic E-state index is 2.43. The van der Waals surface area contributed by atoms with E-state index in [0.717, 1.165) is 12.1 Å². The highest BCUT2D eigenvalue weighted by molar-refractivity contribution is 4.98. The molecule has 0 amide bonds. The second kappa shape index (κ2) is 2.34. The van der Waals surface area contributed by atoms with Crippen LogP contribution in [0.15, 0.2) is 12.2 Å². The molecule has 1 saturated heterocycles. The van der Waals surface area contributed by atoms with Crippen LogP contribution < -0.4 is 0 Å². The van der Waals surface area contributed by atoms with Gasteiger partial charge in [0.1, 0.15) is 6.04 Å². The van der Waals surface area contributed by atoms with Gasteiger partial charge in [-0.15, -0.1) is 0 Å². The molecule has 1 nitrogen and oxygen atoms in total. The smallest absolute Gasteiger partial charge is 0.107 e. The molecule has 0 aliphatic carbocycles. The molecule has 0 N–H and O–H groups in total. The Balaban J connectivity index is 2.28. The van der Waals surface area contributed by atoms with Crippen molar-refractivity contribution in [2.24, 2.45) is 0 Å². The Morgan fingerprint density at radius 2 is 2.09 bits per heavy atom. The zero-order valence-electron chi connectivity index (χ0n) is 7.59. The van der Waals surface area contributed by atoms with Crippen LogP contribution >= 0.6 is 0 Å². The first-order valence-electron chi connectivity index (χ1n) is 4.71. The normalized spacial score (nSPS) is 40.5. The molecule has 1 fully saturated rings. The summed E-state index contributed by atoms with van der Waals surface area (Å²) in [5.41, 5.74) is 0. The van der Waals surface area contributed by atoms with Gasteiger partial charge in [0.2, 0.25) is 0 Å². The summed E-state index contributed by atoms with van der Waals surface area (Å²) in [6, 6.07) is 1.74. The fourth-order valence-corrected chi connectivity index (χ4v) is 2.60. The van der Waals surface area contributed by atoms with Gasteiger partial charge in [-0.05, 0) is 18.9 Å². The molecule has 0 saturated carbocycles. The highest BCUT2D eigenvalue weighted by atomic mass is 15.4. The summed E-state index contributed by atoms with van der Waals surface area (Å²) in [5, 5.41) is 0. The van der Waals surface area contributed by atoms with E-state index >= 15 is 0 Å². The number of hydrogen-bond acceptors (Lipinski definition) is 0. The third-order valence-electron chi connectivity index (χ3n) is 3.60. The van der Waals surface area contributed by atoms with Crippen LogP contribution in [-0.2, 0) is 0 Å². The minimum absolute atomic E-state index is 0.822. The molecule has 0 spiro atoms. The SMILES string of the molecule is C[N+]1(C)[C@@H]2CC=C[C@H]1CCC2. The number of piperidine rings is 1. The molecule has 0 aromatic carbocycles. The van der Waals surface area contributed by atoms with E-state index in [2.05, 4.69) is 26.2 Å². The zero-order valence-corrected chi connectivity index (χ0v) is 7.59. The summed E-state index contributed by atoms with van der Waals surface area (Å²) >= 11 is 0. The van der Waals surface area contributed by atoms with Crippen molar-refractivity contribution in [2.45, 2.75) is 37.8 Å². The van der Waals surface area contributed by atoms with Crippen molar-refractivity contribution in [3.8, 4) is 0 Å². The molecular weight excluding hydrogens is 134 g/mol. The van der Waals surface area contributed by atoms with E-state index in [1.807, 2.05) is 0 Å². The van der Waals surface area contributed by atoms with Crippen molar-refractivity contribution in [1.82, 2.24) is 0 Å². The lowest BCUT2D eigenvalue weighted by Gasteiger charge is -2.48. The molecule has 2 atom stereocenters. The number of fused-ring (bicyclic) bond motifs is 2. The first kappa shape index (κ1) is 7.35. The molecule has 2 bridgehead atoms. The molecule has 0 aromatic heterocycles. The predicted molar refractivity (Wildman–Crippen MR) is 47.3 cm³/mol. The molecule has 2 heterocycles. The molecule has 2 aliphatic heterocycles. The minimum atomic E-state index is 0.822. The average Bonchev–Trinajstić information content (AvgIpc) is 1.82. The molecule has 0 aromatic rings. The van der Waals surface area contributed by atoms with Gasteiger partial charge in [-0.25, -0.2) is 0 Å². The van der Waals surface area contributed by atoms with Crippen LogP contribution in [-0.4, -0.2) is 30.7 Å². The first-order chi connectivity index (χ1) is 5.21. The molecule has 0 radical (unpaired) electrons. The molecule has 1 heteroatoms. The van der Waals surface area contributed by atoms with Gasteiger partial charge in [-0.2, -0.15) is 0 Å². The summed E-state index contributed by atoms with van der Waals surface area (Å²) in [5.74, 6) is 0. The molecular formula is C10H18N+. The lowest BCUT2D eigenvalue weighted by atomic mass is 9.87. The predicted octanol–water partition coefficient (Wildman–Crippen LogP) is 1.94. The Hall–Kier alpha value is -0.300. The van der Waals surface area contributed by atoms with Crippen LogP contribution in [0.5, 0.6) is 0 Å². The van der Waals surface area contributed by atoms with Gasteiger partial charge in [0.05, 0.1) is 20.1 Å². The monoisotopic (exact) mass is 152 g/mol. The maximum Gasteiger partial charge on any atom is 0.107 e. The lowest BCUT2D eigenvalue weighted by Crippen LogP contribution is -2.58. The third-order valence-corrected chi connectivity index (χ3v) is 3.60. The van der Waals surface area contributed by atoms with Crippen LogP contribution in [0.4, 0.5) is 0 Å². The van der Waals surface area contributed by atoms with Crippen molar-refractivity contribution >= 4 is 0 Å². The number of likely N-dealkylation sites (N-methyl/N-ethyl adjacent to an activating group) is 1. The Morgan fingerprint density at radius 3 is 2.73 bits per heavy atom. The summed E-state index contributed by atoms with van der Waals surface area (Å²) in [6.45, 7) is 0. The standard InChI is InChI=1S/C10H18N/c1-11(2)9-5-3-6-10(11)8-4-7-9/h3,5,9-10H,4,6-8H2,1-2H3/q+1/t9-,10+/m0/s1. The highest BCUT2D eigenvalue weighted by Gasteiger charge is 2.39. The molecule has 62 valence electrons. The Bertz CT molecular complexity index is 181. The molecule has 0 unspecified atom stereocenters. The van der Waals surface area contributed by atoms with E-state index in [4.69, 9.17) is 0 Å². The first-order valence-corrected chi connectivity index (χ1v) is 4.71. The lowest BCUT2D eigenvalue weighted by molar-refractivity contribution is -0.939. The Kier molecular flexibility index (Phi) is 1.57. The number of rotatable bonds is 0. The van der Waals surface area contributed by atoms with Crippen LogP contribution in [0.1, 0.15) is 25.7 Å². The second-order valence-corrected chi connectivity index (χ2v) is 4.45. The van der Waals surface area contributed by atoms with E-state index in [-0.39, 0.29) is 0 Å². The zero-order chi connectivity index (χ0) is 7.90. The van der Waals surface area contributed by atoms with Gasteiger partial charge in [-0.1, -0.05) is 6.08 Å². The van der Waals surface area contributed by atoms with Crippen LogP contribution in [0, 0.1) is 0 Å². The third kappa shape index (κ3) is 1.02. The van der Waals surface area contributed by atoms with Gasteiger partial charge < -0.3 is 4.48 Å².